The maximum atomic E-state index is 12.4. The zero-order chi connectivity index (χ0) is 19.9. The van der Waals surface area contributed by atoms with E-state index in [4.69, 9.17) is 0 Å². The molecule has 1 aliphatic heterocycles. The van der Waals surface area contributed by atoms with Crippen LogP contribution in [0.5, 0.6) is 0 Å². The standard InChI is InChI=1S/C22H33N5O/c1-17(2)21-23-11-15-27(21)13-5-10-24-22(28)19-7-8-20(25-16-19)26-12-4-6-18(3)9-14-26/h7-8,11,15-18H,4-6,9-10,12-14H2,1-3H3,(H,24,28)/t18-/m1/s1. The van der Waals surface area contributed by atoms with Crippen LogP contribution in [0.1, 0.15) is 68.6 Å². The summed E-state index contributed by atoms with van der Waals surface area (Å²) in [5.41, 5.74) is 0.623. The number of hydrogen-bond donors (Lipinski definition) is 1. The van der Waals surface area contributed by atoms with Crippen LogP contribution in [0.15, 0.2) is 30.7 Å². The number of nitrogens with one attached hydrogen (secondary N) is 1. The molecular formula is C22H33N5O. The van der Waals surface area contributed by atoms with Crippen LogP contribution in [-0.2, 0) is 6.54 Å². The molecule has 1 N–H and O–H groups in total. The lowest BCUT2D eigenvalue weighted by Gasteiger charge is -2.21. The molecule has 1 aliphatic rings. The zero-order valence-corrected chi connectivity index (χ0v) is 17.4. The maximum Gasteiger partial charge on any atom is 0.252 e. The van der Waals surface area contributed by atoms with E-state index in [1.54, 1.807) is 6.20 Å². The van der Waals surface area contributed by atoms with Crippen molar-refractivity contribution in [1.29, 1.82) is 0 Å². The van der Waals surface area contributed by atoms with Crippen molar-refractivity contribution in [2.75, 3.05) is 24.5 Å². The van der Waals surface area contributed by atoms with Crippen LogP contribution in [0.4, 0.5) is 5.82 Å². The van der Waals surface area contributed by atoms with Crippen molar-refractivity contribution in [1.82, 2.24) is 19.9 Å². The molecule has 1 atom stereocenters. The number of carbonyl (C=O) groups is 1. The minimum absolute atomic E-state index is 0.0572. The van der Waals surface area contributed by atoms with Gasteiger partial charge in [-0.05, 0) is 43.7 Å². The van der Waals surface area contributed by atoms with Gasteiger partial charge in [-0.2, -0.15) is 0 Å². The number of pyridine rings is 1. The van der Waals surface area contributed by atoms with Crippen molar-refractivity contribution in [2.45, 2.75) is 58.9 Å². The van der Waals surface area contributed by atoms with E-state index in [9.17, 15) is 4.79 Å². The van der Waals surface area contributed by atoms with E-state index in [1.165, 1.54) is 19.3 Å². The molecule has 0 unspecified atom stereocenters. The average molecular weight is 384 g/mol. The first-order valence-corrected chi connectivity index (χ1v) is 10.5. The van der Waals surface area contributed by atoms with E-state index in [1.807, 2.05) is 24.5 Å². The predicted molar refractivity (Wildman–Crippen MR) is 113 cm³/mol. The average Bonchev–Trinajstić information content (AvgIpc) is 3.06. The molecule has 0 bridgehead atoms. The molecule has 0 aromatic carbocycles. The van der Waals surface area contributed by atoms with Crippen molar-refractivity contribution in [3.8, 4) is 0 Å². The number of aryl methyl sites for hydroxylation is 1. The van der Waals surface area contributed by atoms with Gasteiger partial charge in [-0.25, -0.2) is 9.97 Å². The van der Waals surface area contributed by atoms with Crippen LogP contribution in [0.25, 0.3) is 0 Å². The van der Waals surface area contributed by atoms with Gasteiger partial charge in [-0.15, -0.1) is 0 Å². The van der Waals surface area contributed by atoms with E-state index >= 15 is 0 Å². The lowest BCUT2D eigenvalue weighted by Crippen LogP contribution is -2.27. The summed E-state index contributed by atoms with van der Waals surface area (Å²) in [5.74, 6) is 3.20. The third kappa shape index (κ3) is 5.33. The van der Waals surface area contributed by atoms with Gasteiger partial charge in [0.1, 0.15) is 11.6 Å². The molecule has 6 nitrogen and oxygen atoms in total. The Morgan fingerprint density at radius 3 is 2.86 bits per heavy atom. The van der Waals surface area contributed by atoms with Crippen LogP contribution >= 0.6 is 0 Å². The first-order valence-electron chi connectivity index (χ1n) is 10.5. The molecule has 1 amide bonds. The second-order valence-electron chi connectivity index (χ2n) is 8.17. The SMILES string of the molecule is CC(C)c1nccn1CCCNC(=O)c1ccc(N2CCC[C@@H](C)CC2)nc1. The van der Waals surface area contributed by atoms with Gasteiger partial charge >= 0.3 is 0 Å². The highest BCUT2D eigenvalue weighted by Crippen LogP contribution is 2.21. The second kappa shape index (κ2) is 9.71. The van der Waals surface area contributed by atoms with Crippen LogP contribution in [0.3, 0.4) is 0 Å². The first kappa shape index (κ1) is 20.4. The summed E-state index contributed by atoms with van der Waals surface area (Å²) in [6.07, 6.45) is 10.1. The minimum atomic E-state index is -0.0572. The highest BCUT2D eigenvalue weighted by atomic mass is 16.1. The monoisotopic (exact) mass is 383 g/mol. The number of aromatic nitrogens is 3. The Balaban J connectivity index is 1.46. The fourth-order valence-electron chi connectivity index (χ4n) is 3.76. The Kier molecular flexibility index (Phi) is 7.06. The quantitative estimate of drug-likeness (QED) is 0.738. The molecule has 0 radical (unpaired) electrons. The Morgan fingerprint density at radius 1 is 1.25 bits per heavy atom. The number of carbonyl (C=O) groups excluding carboxylic acids is 1. The lowest BCUT2D eigenvalue weighted by molar-refractivity contribution is 0.0952. The van der Waals surface area contributed by atoms with E-state index < -0.39 is 0 Å². The molecule has 0 spiro atoms. The molecule has 3 heterocycles. The first-order chi connectivity index (χ1) is 13.5. The summed E-state index contributed by atoms with van der Waals surface area (Å²) < 4.78 is 2.16. The topological polar surface area (TPSA) is 63.1 Å². The van der Waals surface area contributed by atoms with Crippen molar-refractivity contribution < 1.29 is 4.79 Å². The van der Waals surface area contributed by atoms with Crippen molar-refractivity contribution in [3.63, 3.8) is 0 Å². The zero-order valence-electron chi connectivity index (χ0n) is 17.4. The molecule has 6 heteroatoms. The summed E-state index contributed by atoms with van der Waals surface area (Å²) in [4.78, 5) is 23.7. The molecule has 0 aliphatic carbocycles. The van der Waals surface area contributed by atoms with Gasteiger partial charge in [0.15, 0.2) is 0 Å². The number of amides is 1. The van der Waals surface area contributed by atoms with Crippen molar-refractivity contribution >= 4 is 11.7 Å². The number of anilines is 1. The van der Waals surface area contributed by atoms with Crippen LogP contribution in [-0.4, -0.2) is 40.1 Å². The Hall–Kier alpha value is -2.37. The van der Waals surface area contributed by atoms with E-state index in [-0.39, 0.29) is 5.91 Å². The molecule has 0 saturated carbocycles. The normalized spacial score (nSPS) is 17.6. The van der Waals surface area contributed by atoms with Gasteiger partial charge in [-0.3, -0.25) is 4.79 Å². The molecule has 2 aromatic heterocycles. The molecule has 28 heavy (non-hydrogen) atoms. The molecular weight excluding hydrogens is 350 g/mol. The van der Waals surface area contributed by atoms with Gasteiger partial charge < -0.3 is 14.8 Å². The molecule has 2 aromatic rings. The number of rotatable bonds is 7. The van der Waals surface area contributed by atoms with Crippen LogP contribution < -0.4 is 10.2 Å². The maximum absolute atomic E-state index is 12.4. The van der Waals surface area contributed by atoms with Crippen LogP contribution in [0, 0.1) is 5.92 Å². The fourth-order valence-corrected chi connectivity index (χ4v) is 3.76. The second-order valence-corrected chi connectivity index (χ2v) is 8.17. The Bertz CT molecular complexity index is 753. The summed E-state index contributed by atoms with van der Waals surface area (Å²) >= 11 is 0. The third-order valence-electron chi connectivity index (χ3n) is 5.48. The summed E-state index contributed by atoms with van der Waals surface area (Å²) in [6, 6.07) is 3.87. The molecule has 3 rings (SSSR count). The number of imidazole rings is 1. The van der Waals surface area contributed by atoms with Crippen molar-refractivity contribution in [3.05, 3.63) is 42.1 Å². The van der Waals surface area contributed by atoms with Gasteiger partial charge in [-0.1, -0.05) is 20.8 Å². The number of nitrogens with zero attached hydrogens (tertiary/aromatic N) is 4. The number of hydrogen-bond acceptors (Lipinski definition) is 4. The van der Waals surface area contributed by atoms with Gasteiger partial charge in [0, 0.05) is 50.7 Å². The van der Waals surface area contributed by atoms with E-state index in [2.05, 4.69) is 45.5 Å². The summed E-state index contributed by atoms with van der Waals surface area (Å²) in [7, 11) is 0. The highest BCUT2D eigenvalue weighted by molar-refractivity contribution is 5.94. The largest absolute Gasteiger partial charge is 0.357 e. The lowest BCUT2D eigenvalue weighted by atomic mass is 10.0. The third-order valence-corrected chi connectivity index (χ3v) is 5.48. The van der Waals surface area contributed by atoms with E-state index in [0.717, 1.165) is 43.6 Å². The summed E-state index contributed by atoms with van der Waals surface area (Å²) in [5, 5.41) is 3.00. The summed E-state index contributed by atoms with van der Waals surface area (Å²) in [6.45, 7) is 10.2. The molecule has 152 valence electrons. The van der Waals surface area contributed by atoms with E-state index in [0.29, 0.717) is 18.0 Å². The fraction of sp³-hybridized carbons (Fsp3) is 0.591. The molecule has 1 saturated heterocycles. The predicted octanol–water partition coefficient (Wildman–Crippen LogP) is 3.85. The molecule has 1 fully saturated rings. The van der Waals surface area contributed by atoms with Gasteiger partial charge in [0.25, 0.3) is 5.91 Å². The Labute approximate surface area is 168 Å². The Morgan fingerprint density at radius 2 is 2.11 bits per heavy atom. The van der Waals surface area contributed by atoms with Crippen LogP contribution in [0.2, 0.25) is 0 Å². The smallest absolute Gasteiger partial charge is 0.252 e. The minimum Gasteiger partial charge on any atom is -0.357 e. The van der Waals surface area contributed by atoms with Crippen molar-refractivity contribution in [2.24, 2.45) is 5.92 Å². The highest BCUT2D eigenvalue weighted by Gasteiger charge is 2.15. The van der Waals surface area contributed by atoms with Gasteiger partial charge in [0.05, 0.1) is 5.56 Å². The van der Waals surface area contributed by atoms with Gasteiger partial charge in [0.2, 0.25) is 0 Å².